The minimum atomic E-state index is -0.0992. The van der Waals surface area contributed by atoms with Gasteiger partial charge >= 0.3 is 6.03 Å². The van der Waals surface area contributed by atoms with Gasteiger partial charge in [-0.2, -0.15) is 11.8 Å². The third kappa shape index (κ3) is 3.76. The maximum absolute atomic E-state index is 12.8. The topological polar surface area (TPSA) is 54.7 Å². The second-order valence-corrected chi connectivity index (χ2v) is 6.90. The first kappa shape index (κ1) is 16.9. The standard InChI is InChI=1S/C18H22N2O3S/c1-13-7-8-17(23-13)16-12-24-10-9-20(16)18(21)19-15-6-4-3-5-14(15)11-22-2/h3-8,16H,9-12H2,1-2H3,(H,19,21)/t16-/m0/s1. The van der Waals surface area contributed by atoms with Crippen molar-refractivity contribution in [1.82, 2.24) is 4.90 Å². The first-order chi connectivity index (χ1) is 11.7. The molecule has 2 amide bonds. The Bertz CT molecular complexity index is 701. The number of aryl methyl sites for hydroxylation is 1. The summed E-state index contributed by atoms with van der Waals surface area (Å²) in [6, 6.07) is 11.5. The summed E-state index contributed by atoms with van der Waals surface area (Å²) < 4.78 is 11.0. The lowest BCUT2D eigenvalue weighted by Crippen LogP contribution is -2.43. The minimum absolute atomic E-state index is 0.0352. The predicted molar refractivity (Wildman–Crippen MR) is 96.4 cm³/mol. The molecule has 1 N–H and O–H groups in total. The van der Waals surface area contributed by atoms with E-state index in [2.05, 4.69) is 5.32 Å². The highest BCUT2D eigenvalue weighted by Crippen LogP contribution is 2.31. The van der Waals surface area contributed by atoms with Crippen molar-refractivity contribution in [2.45, 2.75) is 19.6 Å². The number of urea groups is 1. The molecule has 0 unspecified atom stereocenters. The molecule has 128 valence electrons. The summed E-state index contributed by atoms with van der Waals surface area (Å²) in [6.45, 7) is 3.09. The molecule has 1 atom stereocenters. The van der Waals surface area contributed by atoms with Crippen LogP contribution in [0.4, 0.5) is 10.5 Å². The number of carbonyl (C=O) groups excluding carboxylic acids is 1. The van der Waals surface area contributed by atoms with Gasteiger partial charge in [0.2, 0.25) is 0 Å². The second kappa shape index (κ2) is 7.77. The fraction of sp³-hybridized carbons (Fsp3) is 0.389. The van der Waals surface area contributed by atoms with Gasteiger partial charge in [-0.25, -0.2) is 4.79 Å². The van der Waals surface area contributed by atoms with E-state index in [9.17, 15) is 4.79 Å². The Kier molecular flexibility index (Phi) is 5.48. The van der Waals surface area contributed by atoms with E-state index in [0.717, 1.165) is 34.3 Å². The van der Waals surface area contributed by atoms with E-state index >= 15 is 0 Å². The number of furan rings is 1. The Morgan fingerprint density at radius 1 is 1.38 bits per heavy atom. The van der Waals surface area contributed by atoms with E-state index in [1.807, 2.05) is 60.0 Å². The number of nitrogens with one attached hydrogen (secondary N) is 1. The summed E-state index contributed by atoms with van der Waals surface area (Å²) in [6.07, 6.45) is 0. The van der Waals surface area contributed by atoms with Gasteiger partial charge in [-0.05, 0) is 25.1 Å². The zero-order chi connectivity index (χ0) is 16.9. The Morgan fingerprint density at radius 2 is 2.21 bits per heavy atom. The summed E-state index contributed by atoms with van der Waals surface area (Å²) in [5.41, 5.74) is 1.75. The molecule has 1 saturated heterocycles. The first-order valence-electron chi connectivity index (χ1n) is 7.97. The van der Waals surface area contributed by atoms with Crippen molar-refractivity contribution in [2.75, 3.05) is 30.5 Å². The minimum Gasteiger partial charge on any atom is -0.464 e. The number of ether oxygens (including phenoxy) is 1. The van der Waals surface area contributed by atoms with Crippen molar-refractivity contribution in [3.63, 3.8) is 0 Å². The van der Waals surface area contributed by atoms with E-state index in [1.54, 1.807) is 7.11 Å². The number of thioether (sulfide) groups is 1. The van der Waals surface area contributed by atoms with E-state index in [4.69, 9.17) is 9.15 Å². The summed E-state index contributed by atoms with van der Waals surface area (Å²) in [5.74, 6) is 3.50. The van der Waals surface area contributed by atoms with E-state index in [0.29, 0.717) is 13.2 Å². The van der Waals surface area contributed by atoms with Crippen LogP contribution in [0.5, 0.6) is 0 Å². The summed E-state index contributed by atoms with van der Waals surface area (Å²) >= 11 is 1.84. The summed E-state index contributed by atoms with van der Waals surface area (Å²) in [7, 11) is 1.65. The predicted octanol–water partition coefficient (Wildman–Crippen LogP) is 4.06. The van der Waals surface area contributed by atoms with Crippen molar-refractivity contribution in [3.8, 4) is 0 Å². The molecular weight excluding hydrogens is 324 g/mol. The summed E-state index contributed by atoms with van der Waals surface area (Å²) in [4.78, 5) is 14.7. The van der Waals surface area contributed by atoms with Crippen molar-refractivity contribution in [3.05, 3.63) is 53.5 Å². The molecule has 1 aliphatic rings. The second-order valence-electron chi connectivity index (χ2n) is 5.75. The SMILES string of the molecule is COCc1ccccc1NC(=O)N1CCSC[C@H]1c1ccc(C)o1. The molecule has 0 saturated carbocycles. The molecule has 2 aromatic rings. The highest BCUT2D eigenvalue weighted by Gasteiger charge is 2.30. The van der Waals surface area contributed by atoms with Crippen LogP contribution in [0.1, 0.15) is 23.1 Å². The number of anilines is 1. The van der Waals surface area contributed by atoms with E-state index < -0.39 is 0 Å². The molecule has 0 aliphatic carbocycles. The van der Waals surface area contributed by atoms with Gasteiger partial charge in [-0.3, -0.25) is 0 Å². The number of hydrogen-bond acceptors (Lipinski definition) is 4. The number of amides is 2. The van der Waals surface area contributed by atoms with Crippen LogP contribution < -0.4 is 5.32 Å². The highest BCUT2D eigenvalue weighted by molar-refractivity contribution is 7.99. The number of benzene rings is 1. The smallest absolute Gasteiger partial charge is 0.322 e. The molecular formula is C18H22N2O3S. The number of rotatable bonds is 4. The lowest BCUT2D eigenvalue weighted by atomic mass is 10.2. The first-order valence-corrected chi connectivity index (χ1v) is 9.13. The van der Waals surface area contributed by atoms with Crippen molar-refractivity contribution in [2.24, 2.45) is 0 Å². The molecule has 1 aromatic heterocycles. The van der Waals surface area contributed by atoms with Crippen LogP contribution in [-0.2, 0) is 11.3 Å². The molecule has 0 radical (unpaired) electrons. The molecule has 1 aliphatic heterocycles. The van der Waals surface area contributed by atoms with E-state index in [1.165, 1.54) is 0 Å². The molecule has 1 fully saturated rings. The third-order valence-corrected chi connectivity index (χ3v) is 5.06. The molecule has 24 heavy (non-hydrogen) atoms. The average molecular weight is 346 g/mol. The lowest BCUT2D eigenvalue weighted by molar-refractivity contribution is 0.183. The normalized spacial score (nSPS) is 17.8. The number of carbonyl (C=O) groups is 1. The van der Waals surface area contributed by atoms with Gasteiger partial charge < -0.3 is 19.4 Å². The van der Waals surface area contributed by atoms with Crippen molar-refractivity contribution in [1.29, 1.82) is 0 Å². The molecule has 3 rings (SSSR count). The van der Waals surface area contributed by atoms with Crippen LogP contribution in [-0.4, -0.2) is 36.1 Å². The van der Waals surface area contributed by atoms with Crippen molar-refractivity contribution < 1.29 is 13.9 Å². The van der Waals surface area contributed by atoms with Crippen LogP contribution in [0.25, 0.3) is 0 Å². The molecule has 5 nitrogen and oxygen atoms in total. The van der Waals surface area contributed by atoms with Gasteiger partial charge in [0, 0.05) is 36.4 Å². The average Bonchev–Trinajstić information content (AvgIpc) is 3.03. The van der Waals surface area contributed by atoms with Gasteiger partial charge in [0.25, 0.3) is 0 Å². The van der Waals surface area contributed by atoms with E-state index in [-0.39, 0.29) is 12.1 Å². The molecule has 1 aromatic carbocycles. The number of hydrogen-bond donors (Lipinski definition) is 1. The third-order valence-electron chi connectivity index (χ3n) is 4.04. The maximum atomic E-state index is 12.8. The largest absolute Gasteiger partial charge is 0.464 e. The van der Waals surface area contributed by atoms with Crippen LogP contribution >= 0.6 is 11.8 Å². The van der Waals surface area contributed by atoms with Gasteiger partial charge in [0.1, 0.15) is 17.6 Å². The lowest BCUT2D eigenvalue weighted by Gasteiger charge is -2.34. The van der Waals surface area contributed by atoms with Gasteiger partial charge in [0.15, 0.2) is 0 Å². The van der Waals surface area contributed by atoms with Crippen LogP contribution in [0.2, 0.25) is 0 Å². The fourth-order valence-corrected chi connectivity index (χ4v) is 3.89. The zero-order valence-electron chi connectivity index (χ0n) is 14.0. The number of para-hydroxylation sites is 1. The van der Waals surface area contributed by atoms with Gasteiger partial charge in [-0.1, -0.05) is 18.2 Å². The number of nitrogens with zero attached hydrogens (tertiary/aromatic N) is 1. The van der Waals surface area contributed by atoms with Gasteiger partial charge in [-0.15, -0.1) is 0 Å². The Labute approximate surface area is 146 Å². The molecule has 6 heteroatoms. The summed E-state index contributed by atoms with van der Waals surface area (Å²) in [5, 5.41) is 3.03. The monoisotopic (exact) mass is 346 g/mol. The fourth-order valence-electron chi connectivity index (χ4n) is 2.83. The molecule has 0 bridgehead atoms. The Hall–Kier alpha value is -1.92. The number of methoxy groups -OCH3 is 1. The molecule has 2 heterocycles. The quantitative estimate of drug-likeness (QED) is 0.907. The van der Waals surface area contributed by atoms with Gasteiger partial charge in [0.05, 0.1) is 6.61 Å². The maximum Gasteiger partial charge on any atom is 0.322 e. The molecule has 0 spiro atoms. The highest BCUT2D eigenvalue weighted by atomic mass is 32.2. The van der Waals surface area contributed by atoms with Crippen LogP contribution in [0, 0.1) is 6.92 Å². The Morgan fingerprint density at radius 3 is 2.96 bits per heavy atom. The zero-order valence-corrected chi connectivity index (χ0v) is 14.8. The van der Waals surface area contributed by atoms with Crippen LogP contribution in [0.3, 0.4) is 0 Å². The van der Waals surface area contributed by atoms with Crippen molar-refractivity contribution >= 4 is 23.5 Å². The Balaban J connectivity index is 1.77. The van der Waals surface area contributed by atoms with Crippen LogP contribution in [0.15, 0.2) is 40.8 Å².